The Balaban J connectivity index is 2.13. The lowest BCUT2D eigenvalue weighted by molar-refractivity contribution is 0.299. The summed E-state index contributed by atoms with van der Waals surface area (Å²) >= 11 is 0. The number of aromatic nitrogens is 1. The van der Waals surface area contributed by atoms with Gasteiger partial charge in [-0.05, 0) is 37.5 Å². The van der Waals surface area contributed by atoms with Gasteiger partial charge in [0.2, 0.25) is 0 Å². The molecule has 3 heteroatoms. The largest absolute Gasteiger partial charge is 0.354 e. The molecule has 0 amide bonds. The number of likely N-dealkylation sites (tertiary alicyclic amines) is 1. The quantitative estimate of drug-likeness (QED) is 0.802. The molecule has 2 rings (SSSR count). The van der Waals surface area contributed by atoms with Gasteiger partial charge in [-0.2, -0.15) is 0 Å². The molecule has 0 spiro atoms. The zero-order chi connectivity index (χ0) is 10.7. The van der Waals surface area contributed by atoms with Crippen molar-refractivity contribution in [2.45, 2.75) is 32.2 Å². The maximum atomic E-state index is 7.94. The van der Waals surface area contributed by atoms with Gasteiger partial charge in [0, 0.05) is 25.4 Å². The van der Waals surface area contributed by atoms with Gasteiger partial charge in [-0.3, -0.25) is 10.4 Å². The van der Waals surface area contributed by atoms with Crippen LogP contribution in [0.25, 0.3) is 0 Å². The summed E-state index contributed by atoms with van der Waals surface area (Å²) in [5, 5.41) is 7.94. The normalized spacial score (nSPS) is 19.0. The van der Waals surface area contributed by atoms with E-state index in [1.165, 1.54) is 18.4 Å². The number of piperidine rings is 1. The first kappa shape index (κ1) is 10.1. The van der Waals surface area contributed by atoms with Gasteiger partial charge in [0.15, 0.2) is 0 Å². The number of hydrogen-bond donors (Lipinski definition) is 1. The highest BCUT2D eigenvalue weighted by Crippen LogP contribution is 2.24. The molecule has 1 unspecified atom stereocenters. The molecule has 80 valence electrons. The minimum atomic E-state index is 0.306. The Bertz CT molecular complexity index is 334. The Labute approximate surface area is 90.6 Å². The van der Waals surface area contributed by atoms with Crippen LogP contribution in [0.1, 0.15) is 37.8 Å². The van der Waals surface area contributed by atoms with Gasteiger partial charge in [-0.15, -0.1) is 0 Å². The first-order valence-electron chi connectivity index (χ1n) is 5.53. The highest BCUT2D eigenvalue weighted by atomic mass is 15.2. The van der Waals surface area contributed by atoms with Crippen molar-refractivity contribution in [2.24, 2.45) is 0 Å². The second-order valence-corrected chi connectivity index (χ2v) is 4.05. The highest BCUT2D eigenvalue weighted by Gasteiger charge is 2.21. The van der Waals surface area contributed by atoms with Crippen molar-refractivity contribution in [1.82, 2.24) is 9.88 Å². The van der Waals surface area contributed by atoms with E-state index in [0.717, 1.165) is 18.8 Å². The second-order valence-electron chi connectivity index (χ2n) is 4.05. The van der Waals surface area contributed by atoms with E-state index < -0.39 is 0 Å². The number of nitrogens with one attached hydrogen (secondary N) is 1. The number of amidine groups is 1. The molecule has 1 aromatic rings. The lowest BCUT2D eigenvalue weighted by Gasteiger charge is -2.35. The van der Waals surface area contributed by atoms with E-state index in [0.29, 0.717) is 6.04 Å². The van der Waals surface area contributed by atoms with E-state index >= 15 is 0 Å². The maximum Gasteiger partial charge on any atom is 0.0962 e. The molecule has 0 aromatic carbocycles. The molecule has 1 fully saturated rings. The molecule has 1 atom stereocenters. The minimum absolute atomic E-state index is 0.306. The molecule has 1 aromatic heterocycles. The topological polar surface area (TPSA) is 40.0 Å². The van der Waals surface area contributed by atoms with Crippen LogP contribution in [0.2, 0.25) is 0 Å². The number of rotatable bonds is 2. The van der Waals surface area contributed by atoms with E-state index in [9.17, 15) is 0 Å². The summed E-state index contributed by atoms with van der Waals surface area (Å²) in [7, 11) is 0. The van der Waals surface area contributed by atoms with Crippen molar-refractivity contribution in [3.8, 4) is 0 Å². The summed E-state index contributed by atoms with van der Waals surface area (Å²) in [4.78, 5) is 6.21. The SMILES string of the molecule is CC(c1ccncc1)N1CCCCC1=N. The van der Waals surface area contributed by atoms with Crippen LogP contribution < -0.4 is 0 Å². The number of hydrogen-bond acceptors (Lipinski definition) is 2. The van der Waals surface area contributed by atoms with Crippen LogP contribution in [-0.2, 0) is 0 Å². The van der Waals surface area contributed by atoms with Gasteiger partial charge in [0.05, 0.1) is 11.9 Å². The van der Waals surface area contributed by atoms with E-state index in [4.69, 9.17) is 5.41 Å². The average molecular weight is 203 g/mol. The monoisotopic (exact) mass is 203 g/mol. The molecule has 2 heterocycles. The third-order valence-corrected chi connectivity index (χ3v) is 3.07. The molecule has 3 nitrogen and oxygen atoms in total. The van der Waals surface area contributed by atoms with Crippen molar-refractivity contribution in [1.29, 1.82) is 5.41 Å². The van der Waals surface area contributed by atoms with Gasteiger partial charge in [0.25, 0.3) is 0 Å². The molecule has 1 aliphatic rings. The molecule has 15 heavy (non-hydrogen) atoms. The predicted molar refractivity (Wildman–Crippen MR) is 60.9 cm³/mol. The zero-order valence-corrected chi connectivity index (χ0v) is 9.11. The average Bonchev–Trinajstić information content (AvgIpc) is 2.30. The molecule has 0 radical (unpaired) electrons. The maximum absolute atomic E-state index is 7.94. The molecular weight excluding hydrogens is 186 g/mol. The lowest BCUT2D eigenvalue weighted by Crippen LogP contribution is -2.36. The number of nitrogens with zero attached hydrogens (tertiary/aromatic N) is 2. The fraction of sp³-hybridized carbons (Fsp3) is 0.500. The first-order valence-corrected chi connectivity index (χ1v) is 5.53. The van der Waals surface area contributed by atoms with E-state index in [-0.39, 0.29) is 0 Å². The molecule has 0 aliphatic carbocycles. The standard InChI is InChI=1S/C12H17N3/c1-10(11-5-7-14-8-6-11)15-9-3-2-4-12(15)13/h5-8,10,13H,2-4,9H2,1H3. The van der Waals surface area contributed by atoms with Gasteiger partial charge < -0.3 is 4.90 Å². The van der Waals surface area contributed by atoms with Crippen LogP contribution in [0.4, 0.5) is 0 Å². The fourth-order valence-corrected chi connectivity index (χ4v) is 2.10. The third-order valence-electron chi connectivity index (χ3n) is 3.07. The minimum Gasteiger partial charge on any atom is -0.354 e. The van der Waals surface area contributed by atoms with Crippen molar-refractivity contribution in [3.05, 3.63) is 30.1 Å². The van der Waals surface area contributed by atoms with Crippen LogP contribution in [-0.4, -0.2) is 22.3 Å². The molecule has 1 aliphatic heterocycles. The Morgan fingerprint density at radius 1 is 1.33 bits per heavy atom. The van der Waals surface area contributed by atoms with Crippen molar-refractivity contribution < 1.29 is 0 Å². The van der Waals surface area contributed by atoms with Crippen molar-refractivity contribution >= 4 is 5.84 Å². The Kier molecular flexibility index (Phi) is 2.99. The fourth-order valence-electron chi connectivity index (χ4n) is 2.10. The molecular formula is C12H17N3. The Hall–Kier alpha value is -1.38. The second kappa shape index (κ2) is 4.43. The molecule has 1 saturated heterocycles. The van der Waals surface area contributed by atoms with Crippen LogP contribution >= 0.6 is 0 Å². The Morgan fingerprint density at radius 2 is 2.07 bits per heavy atom. The molecule has 0 bridgehead atoms. The van der Waals surface area contributed by atoms with Crippen LogP contribution in [0, 0.1) is 5.41 Å². The summed E-state index contributed by atoms with van der Waals surface area (Å²) in [6.45, 7) is 3.18. The van der Waals surface area contributed by atoms with Crippen LogP contribution in [0.15, 0.2) is 24.5 Å². The summed E-state index contributed by atoms with van der Waals surface area (Å²) in [5.74, 6) is 0.783. The van der Waals surface area contributed by atoms with E-state index in [1.54, 1.807) is 0 Å². The van der Waals surface area contributed by atoms with Gasteiger partial charge in [-0.1, -0.05) is 0 Å². The van der Waals surface area contributed by atoms with E-state index in [2.05, 4.69) is 16.8 Å². The zero-order valence-electron chi connectivity index (χ0n) is 9.11. The van der Waals surface area contributed by atoms with Gasteiger partial charge >= 0.3 is 0 Å². The van der Waals surface area contributed by atoms with Crippen LogP contribution in [0.3, 0.4) is 0 Å². The summed E-state index contributed by atoms with van der Waals surface area (Å²) < 4.78 is 0. The summed E-state index contributed by atoms with van der Waals surface area (Å²) in [6, 6.07) is 4.37. The molecule has 1 N–H and O–H groups in total. The summed E-state index contributed by atoms with van der Waals surface area (Å²) in [5.41, 5.74) is 1.25. The van der Waals surface area contributed by atoms with Crippen molar-refractivity contribution in [3.63, 3.8) is 0 Å². The van der Waals surface area contributed by atoms with Gasteiger partial charge in [-0.25, -0.2) is 0 Å². The first-order chi connectivity index (χ1) is 7.29. The Morgan fingerprint density at radius 3 is 2.73 bits per heavy atom. The molecule has 0 saturated carbocycles. The number of pyridine rings is 1. The van der Waals surface area contributed by atoms with Gasteiger partial charge in [0.1, 0.15) is 0 Å². The van der Waals surface area contributed by atoms with Crippen molar-refractivity contribution in [2.75, 3.05) is 6.54 Å². The van der Waals surface area contributed by atoms with Crippen LogP contribution in [0.5, 0.6) is 0 Å². The summed E-state index contributed by atoms with van der Waals surface area (Å²) in [6.07, 6.45) is 6.93. The highest BCUT2D eigenvalue weighted by molar-refractivity contribution is 5.80. The lowest BCUT2D eigenvalue weighted by atomic mass is 10.0. The third kappa shape index (κ3) is 2.17. The predicted octanol–water partition coefficient (Wildman–Crippen LogP) is 2.61. The smallest absolute Gasteiger partial charge is 0.0962 e. The van der Waals surface area contributed by atoms with E-state index in [1.807, 2.05) is 24.5 Å².